The van der Waals surface area contributed by atoms with E-state index in [2.05, 4.69) is 9.72 Å². The molecule has 0 bridgehead atoms. The molecule has 3 aromatic rings. The predicted molar refractivity (Wildman–Crippen MR) is 98.4 cm³/mol. The molecule has 7 heteroatoms. The number of nitriles is 1. The summed E-state index contributed by atoms with van der Waals surface area (Å²) in [4.78, 5) is 4.43. The maximum Gasteiger partial charge on any atom is 0.394 e. The highest BCUT2D eigenvalue weighted by Gasteiger charge is 2.23. The Bertz CT molecular complexity index is 1040. The van der Waals surface area contributed by atoms with Crippen LogP contribution in [0.4, 0.5) is 13.2 Å². The van der Waals surface area contributed by atoms with Gasteiger partial charge in [-0.05, 0) is 30.7 Å². The first-order valence-electron chi connectivity index (χ1n) is 8.06. The zero-order valence-corrected chi connectivity index (χ0v) is 15.4. The molecule has 0 spiro atoms. The van der Waals surface area contributed by atoms with Gasteiger partial charge >= 0.3 is 6.11 Å². The summed E-state index contributed by atoms with van der Waals surface area (Å²) in [5.74, 6) is 0.0219. The maximum absolute atomic E-state index is 14.3. The Kier molecular flexibility index (Phi) is 5.29. The normalized spacial score (nSPS) is 11.4. The number of halogens is 3. The molecule has 0 aliphatic heterocycles. The Labute approximate surface area is 158 Å². The van der Waals surface area contributed by atoms with Gasteiger partial charge in [0.15, 0.2) is 0 Å². The minimum atomic E-state index is -3.26. The summed E-state index contributed by atoms with van der Waals surface area (Å²) >= 11 is 1.34. The maximum atomic E-state index is 14.3. The molecular weight excluding hydrogens is 373 g/mol. The van der Waals surface area contributed by atoms with Gasteiger partial charge in [0.1, 0.15) is 22.7 Å². The van der Waals surface area contributed by atoms with Crippen LogP contribution in [0.3, 0.4) is 0 Å². The van der Waals surface area contributed by atoms with Crippen LogP contribution >= 0.6 is 11.8 Å². The van der Waals surface area contributed by atoms with Gasteiger partial charge in [-0.15, -0.1) is 11.8 Å². The summed E-state index contributed by atoms with van der Waals surface area (Å²) in [6, 6.07) is 13.0. The number of ether oxygens (including phenoxy) is 1. The molecule has 0 saturated heterocycles. The minimum absolute atomic E-state index is 0.0699. The molecule has 0 fully saturated rings. The second-order valence-electron chi connectivity index (χ2n) is 6.00. The number of fused-ring (bicyclic) bond motifs is 1. The van der Waals surface area contributed by atoms with Crippen LogP contribution in [-0.2, 0) is 5.75 Å². The van der Waals surface area contributed by atoms with Crippen LogP contribution in [0.5, 0.6) is 5.75 Å². The van der Waals surface area contributed by atoms with Crippen LogP contribution in [0.15, 0.2) is 47.5 Å². The molecule has 0 saturated carbocycles. The molecule has 3 rings (SSSR count). The lowest BCUT2D eigenvalue weighted by Gasteiger charge is -2.14. The number of aryl methyl sites for hydroxylation is 1. The van der Waals surface area contributed by atoms with Crippen molar-refractivity contribution >= 4 is 22.5 Å². The summed E-state index contributed by atoms with van der Waals surface area (Å²) in [6.07, 6.45) is -3.26. The van der Waals surface area contributed by atoms with Crippen molar-refractivity contribution in [3.63, 3.8) is 0 Å². The number of nitrogens with zero attached hydrogens (tertiary/aromatic N) is 2. The van der Waals surface area contributed by atoms with Crippen molar-refractivity contribution in [1.82, 2.24) is 4.98 Å². The Morgan fingerprint density at radius 3 is 2.67 bits per heavy atom. The van der Waals surface area contributed by atoms with Gasteiger partial charge in [0, 0.05) is 23.4 Å². The van der Waals surface area contributed by atoms with Crippen molar-refractivity contribution in [1.29, 1.82) is 5.26 Å². The number of alkyl halides is 2. The van der Waals surface area contributed by atoms with Crippen molar-refractivity contribution in [2.75, 3.05) is 0 Å². The molecule has 0 amide bonds. The fourth-order valence-electron chi connectivity index (χ4n) is 2.71. The molecule has 0 radical (unpaired) electrons. The lowest BCUT2D eigenvalue weighted by Crippen LogP contribution is -2.19. The van der Waals surface area contributed by atoms with Gasteiger partial charge in [0.25, 0.3) is 0 Å². The Morgan fingerprint density at radius 2 is 1.96 bits per heavy atom. The molecule has 3 nitrogen and oxygen atoms in total. The highest BCUT2D eigenvalue weighted by atomic mass is 32.2. The summed E-state index contributed by atoms with van der Waals surface area (Å²) < 4.78 is 44.9. The van der Waals surface area contributed by atoms with Gasteiger partial charge in [-0.2, -0.15) is 14.0 Å². The van der Waals surface area contributed by atoms with Gasteiger partial charge in [-0.3, -0.25) is 0 Å². The highest BCUT2D eigenvalue weighted by Crippen LogP contribution is 2.33. The van der Waals surface area contributed by atoms with Gasteiger partial charge in [0.05, 0.1) is 11.3 Å². The zero-order valence-electron chi connectivity index (χ0n) is 14.6. The van der Waals surface area contributed by atoms with Crippen molar-refractivity contribution in [3.05, 3.63) is 65.1 Å². The predicted octanol–water partition coefficient (Wildman–Crippen LogP) is 5.84. The molecule has 2 aromatic carbocycles. The van der Waals surface area contributed by atoms with E-state index in [1.165, 1.54) is 30.0 Å². The van der Waals surface area contributed by atoms with Crippen molar-refractivity contribution in [3.8, 4) is 11.8 Å². The summed E-state index contributed by atoms with van der Waals surface area (Å²) in [7, 11) is 0. The molecule has 0 aliphatic carbocycles. The minimum Gasteiger partial charge on any atom is -0.433 e. The third-order valence-electron chi connectivity index (χ3n) is 3.81. The fraction of sp³-hybridized carbons (Fsp3) is 0.200. The van der Waals surface area contributed by atoms with Gasteiger partial charge in [-0.1, -0.05) is 24.3 Å². The molecule has 0 N–H and O–H groups in total. The number of benzene rings is 2. The molecule has 27 heavy (non-hydrogen) atoms. The van der Waals surface area contributed by atoms with Crippen LogP contribution in [0.25, 0.3) is 10.8 Å². The number of pyridine rings is 1. The number of thioether (sulfide) groups is 1. The summed E-state index contributed by atoms with van der Waals surface area (Å²) in [6.45, 7) is 2.34. The molecule has 0 unspecified atom stereocenters. The SMILES string of the molecule is Cc1nc(SCc2cccc(OC(C)(F)F)c2)c2cccc(F)c2c1C#N. The first-order valence-corrected chi connectivity index (χ1v) is 9.04. The Balaban J connectivity index is 1.92. The molecule has 1 aromatic heterocycles. The van der Waals surface area contributed by atoms with E-state index in [-0.39, 0.29) is 16.7 Å². The first kappa shape index (κ1) is 19.1. The van der Waals surface area contributed by atoms with Crippen LogP contribution < -0.4 is 4.74 Å². The largest absolute Gasteiger partial charge is 0.433 e. The van der Waals surface area contributed by atoms with Gasteiger partial charge < -0.3 is 4.74 Å². The quantitative estimate of drug-likeness (QED) is 0.515. The summed E-state index contributed by atoms with van der Waals surface area (Å²) in [5, 5.41) is 10.7. The van der Waals surface area contributed by atoms with Gasteiger partial charge in [-0.25, -0.2) is 9.37 Å². The van der Waals surface area contributed by atoms with Crippen LogP contribution in [0.1, 0.15) is 23.7 Å². The smallest absolute Gasteiger partial charge is 0.394 e. The van der Waals surface area contributed by atoms with Crippen molar-refractivity contribution in [2.45, 2.75) is 30.7 Å². The topological polar surface area (TPSA) is 45.9 Å². The first-order chi connectivity index (χ1) is 12.8. The molecular formula is C20H15F3N2OS. The van der Waals surface area contributed by atoms with E-state index in [4.69, 9.17) is 0 Å². The van der Waals surface area contributed by atoms with E-state index in [1.807, 2.05) is 6.07 Å². The lowest BCUT2D eigenvalue weighted by atomic mass is 10.1. The monoisotopic (exact) mass is 388 g/mol. The third-order valence-corrected chi connectivity index (χ3v) is 4.87. The Morgan fingerprint density at radius 1 is 1.22 bits per heavy atom. The number of hydrogen-bond acceptors (Lipinski definition) is 4. The summed E-state index contributed by atoms with van der Waals surface area (Å²) in [5.41, 5.74) is 1.42. The molecule has 1 heterocycles. The second-order valence-corrected chi connectivity index (χ2v) is 6.96. The van der Waals surface area contributed by atoms with Crippen molar-refractivity contribution in [2.24, 2.45) is 0 Å². The second kappa shape index (κ2) is 7.49. The van der Waals surface area contributed by atoms with E-state index >= 15 is 0 Å². The van der Waals surface area contributed by atoms with Crippen molar-refractivity contribution < 1.29 is 17.9 Å². The van der Waals surface area contributed by atoms with Crippen LogP contribution in [0.2, 0.25) is 0 Å². The third kappa shape index (κ3) is 4.34. The van der Waals surface area contributed by atoms with E-state index in [9.17, 15) is 18.4 Å². The average molecular weight is 388 g/mol. The van der Waals surface area contributed by atoms with E-state index < -0.39 is 11.9 Å². The molecule has 0 aliphatic rings. The average Bonchev–Trinajstić information content (AvgIpc) is 2.59. The van der Waals surface area contributed by atoms with E-state index in [0.29, 0.717) is 28.8 Å². The number of hydrogen-bond donors (Lipinski definition) is 0. The Hall–Kier alpha value is -2.72. The molecule has 138 valence electrons. The van der Waals surface area contributed by atoms with Gasteiger partial charge in [0.2, 0.25) is 0 Å². The molecule has 0 atom stereocenters. The fourth-order valence-corrected chi connectivity index (χ4v) is 3.72. The number of rotatable bonds is 5. The lowest BCUT2D eigenvalue weighted by molar-refractivity contribution is -0.158. The van der Waals surface area contributed by atoms with E-state index in [1.54, 1.807) is 31.2 Å². The van der Waals surface area contributed by atoms with Crippen LogP contribution in [-0.4, -0.2) is 11.1 Å². The standard InChI is InChI=1S/C20H15F3N2OS/c1-12-16(10-24)18-15(7-4-8-17(18)21)19(25-12)27-11-13-5-3-6-14(9-13)26-20(2,22)23/h3-9H,11H2,1-2H3. The zero-order chi connectivity index (χ0) is 19.6. The van der Waals surface area contributed by atoms with E-state index in [0.717, 1.165) is 5.56 Å². The van der Waals surface area contributed by atoms with Crippen LogP contribution in [0, 0.1) is 24.1 Å². The number of aromatic nitrogens is 1. The highest BCUT2D eigenvalue weighted by molar-refractivity contribution is 7.98.